The highest BCUT2D eigenvalue weighted by Crippen LogP contribution is 2.13. The van der Waals surface area contributed by atoms with Crippen LogP contribution < -0.4 is 0 Å². The molecular formula is C18H22ClN3O3S. The topological polar surface area (TPSA) is 70.6 Å². The second kappa shape index (κ2) is 9.12. The molecular weight excluding hydrogens is 374 g/mol. The number of likely N-dealkylation sites (N-methyl/N-ethyl adjacent to an activating group) is 1. The van der Waals surface area contributed by atoms with Gasteiger partial charge >= 0.3 is 0 Å². The molecule has 0 aliphatic heterocycles. The summed E-state index contributed by atoms with van der Waals surface area (Å²) in [5, 5.41) is 0.576. The van der Waals surface area contributed by atoms with E-state index in [9.17, 15) is 13.2 Å². The van der Waals surface area contributed by atoms with Crippen LogP contribution in [0.4, 0.5) is 0 Å². The van der Waals surface area contributed by atoms with Crippen LogP contribution >= 0.6 is 11.6 Å². The molecule has 0 aliphatic carbocycles. The van der Waals surface area contributed by atoms with Crippen LogP contribution in [-0.4, -0.2) is 54.9 Å². The molecule has 140 valence electrons. The number of hydrogen-bond acceptors (Lipinski definition) is 4. The molecule has 0 fully saturated rings. The smallest absolute Gasteiger partial charge is 0.237 e. The van der Waals surface area contributed by atoms with Crippen LogP contribution in [-0.2, 0) is 27.8 Å². The van der Waals surface area contributed by atoms with E-state index < -0.39 is 10.0 Å². The van der Waals surface area contributed by atoms with Crippen LogP contribution in [0.2, 0.25) is 5.02 Å². The molecule has 0 saturated heterocycles. The molecule has 0 aliphatic rings. The zero-order valence-corrected chi connectivity index (χ0v) is 16.4. The molecule has 1 heterocycles. The predicted molar refractivity (Wildman–Crippen MR) is 102 cm³/mol. The molecule has 0 radical (unpaired) electrons. The molecule has 0 N–H and O–H groups in total. The lowest BCUT2D eigenvalue weighted by Crippen LogP contribution is -2.41. The van der Waals surface area contributed by atoms with Crippen LogP contribution in [0.25, 0.3) is 0 Å². The van der Waals surface area contributed by atoms with Crippen molar-refractivity contribution in [2.24, 2.45) is 0 Å². The maximum absolute atomic E-state index is 12.5. The van der Waals surface area contributed by atoms with E-state index in [0.29, 0.717) is 18.0 Å². The van der Waals surface area contributed by atoms with Gasteiger partial charge in [-0.15, -0.1) is 0 Å². The highest BCUT2D eigenvalue weighted by Gasteiger charge is 2.22. The Kier molecular flexibility index (Phi) is 7.14. The molecule has 0 unspecified atom stereocenters. The molecule has 8 heteroatoms. The zero-order valence-electron chi connectivity index (χ0n) is 14.8. The second-order valence-electron chi connectivity index (χ2n) is 6.08. The first-order chi connectivity index (χ1) is 12.3. The van der Waals surface area contributed by atoms with Crippen LogP contribution in [0, 0.1) is 0 Å². The zero-order chi connectivity index (χ0) is 19.2. The van der Waals surface area contributed by atoms with Crippen molar-refractivity contribution in [1.82, 2.24) is 14.2 Å². The normalized spacial score (nSPS) is 11.5. The minimum absolute atomic E-state index is 0.125. The predicted octanol–water partition coefficient (Wildman–Crippen LogP) is 2.20. The Bertz CT molecular complexity index is 827. The van der Waals surface area contributed by atoms with Gasteiger partial charge in [-0.2, -0.15) is 4.31 Å². The minimum Gasteiger partial charge on any atom is -0.344 e. The van der Waals surface area contributed by atoms with E-state index in [-0.39, 0.29) is 19.0 Å². The Morgan fingerprint density at radius 2 is 1.69 bits per heavy atom. The first kappa shape index (κ1) is 20.4. The molecule has 0 atom stereocenters. The molecule has 1 amide bonds. The number of nitrogens with zero attached hydrogens (tertiary/aromatic N) is 3. The second-order valence-corrected chi connectivity index (χ2v) is 8.50. The lowest BCUT2D eigenvalue weighted by Gasteiger charge is -2.23. The molecule has 2 rings (SSSR count). The molecule has 0 bridgehead atoms. The summed E-state index contributed by atoms with van der Waals surface area (Å²) in [6.45, 7) is 0.426. The fourth-order valence-electron chi connectivity index (χ4n) is 2.33. The van der Waals surface area contributed by atoms with Gasteiger partial charge in [-0.3, -0.25) is 9.78 Å². The third-order valence-electron chi connectivity index (χ3n) is 3.96. The summed E-state index contributed by atoms with van der Waals surface area (Å²) in [6, 6.07) is 10.7. The van der Waals surface area contributed by atoms with Gasteiger partial charge in [0.15, 0.2) is 0 Å². The maximum atomic E-state index is 12.5. The fourth-order valence-corrected chi connectivity index (χ4v) is 3.18. The summed E-state index contributed by atoms with van der Waals surface area (Å²) < 4.78 is 25.3. The summed E-state index contributed by atoms with van der Waals surface area (Å²) in [5.74, 6) is -0.251. The van der Waals surface area contributed by atoms with Gasteiger partial charge in [-0.1, -0.05) is 23.7 Å². The quantitative estimate of drug-likeness (QED) is 0.687. The number of halogens is 1. The van der Waals surface area contributed by atoms with E-state index in [2.05, 4.69) is 4.98 Å². The van der Waals surface area contributed by atoms with Crippen molar-refractivity contribution in [2.75, 3.05) is 26.4 Å². The number of hydrogen-bond donors (Lipinski definition) is 0. The fraction of sp³-hybridized carbons (Fsp3) is 0.333. The highest BCUT2D eigenvalue weighted by atomic mass is 35.5. The van der Waals surface area contributed by atoms with Crippen molar-refractivity contribution in [3.63, 3.8) is 0 Å². The molecule has 6 nitrogen and oxygen atoms in total. The lowest BCUT2D eigenvalue weighted by molar-refractivity contribution is -0.130. The van der Waals surface area contributed by atoms with E-state index in [4.69, 9.17) is 11.6 Å². The van der Waals surface area contributed by atoms with E-state index in [1.165, 1.54) is 4.31 Å². The molecule has 26 heavy (non-hydrogen) atoms. The van der Waals surface area contributed by atoms with Gasteiger partial charge in [0.2, 0.25) is 15.9 Å². The summed E-state index contributed by atoms with van der Waals surface area (Å²) >= 11 is 5.85. The minimum atomic E-state index is -3.52. The number of amides is 1. The van der Waals surface area contributed by atoms with Crippen molar-refractivity contribution in [3.05, 3.63) is 64.9 Å². The van der Waals surface area contributed by atoms with Gasteiger partial charge < -0.3 is 4.90 Å². The maximum Gasteiger partial charge on any atom is 0.237 e. The number of rotatable bonds is 8. The largest absolute Gasteiger partial charge is 0.344 e. The van der Waals surface area contributed by atoms with Crippen molar-refractivity contribution in [2.45, 2.75) is 13.0 Å². The number of carbonyl (C=O) groups excluding carboxylic acids is 1. The number of benzene rings is 1. The van der Waals surface area contributed by atoms with Gasteiger partial charge in [0.25, 0.3) is 0 Å². The molecule has 0 saturated carbocycles. The van der Waals surface area contributed by atoms with Crippen LogP contribution in [0.3, 0.4) is 0 Å². The Morgan fingerprint density at radius 3 is 2.27 bits per heavy atom. The Morgan fingerprint density at radius 1 is 1.08 bits per heavy atom. The number of pyridine rings is 1. The van der Waals surface area contributed by atoms with Crippen LogP contribution in [0.5, 0.6) is 0 Å². The summed E-state index contributed by atoms with van der Waals surface area (Å²) in [7, 11) is -1.85. The Labute approximate surface area is 159 Å². The molecule has 0 spiro atoms. The van der Waals surface area contributed by atoms with Gasteiger partial charge in [-0.25, -0.2) is 8.42 Å². The third-order valence-corrected chi connectivity index (χ3v) is 5.41. The number of carbonyl (C=O) groups is 1. The van der Waals surface area contributed by atoms with Crippen LogP contribution in [0.15, 0.2) is 48.8 Å². The summed E-state index contributed by atoms with van der Waals surface area (Å²) in [5.41, 5.74) is 1.84. The van der Waals surface area contributed by atoms with E-state index in [0.717, 1.165) is 17.4 Å². The molecule has 1 aromatic heterocycles. The first-order valence-corrected chi connectivity index (χ1v) is 10.3. The molecule has 1 aromatic carbocycles. The Balaban J connectivity index is 1.98. The van der Waals surface area contributed by atoms with Crippen molar-refractivity contribution in [3.8, 4) is 0 Å². The monoisotopic (exact) mass is 395 g/mol. The number of sulfonamides is 1. The van der Waals surface area contributed by atoms with Crippen LogP contribution in [0.1, 0.15) is 11.1 Å². The van der Waals surface area contributed by atoms with Gasteiger partial charge in [0, 0.05) is 37.6 Å². The van der Waals surface area contributed by atoms with Gasteiger partial charge in [0.05, 0.1) is 12.8 Å². The van der Waals surface area contributed by atoms with E-state index >= 15 is 0 Å². The van der Waals surface area contributed by atoms with Gasteiger partial charge in [0.1, 0.15) is 0 Å². The Hall–Kier alpha value is -1.96. The third kappa shape index (κ3) is 6.40. The SMILES string of the molecule is CN(CCc1ccncc1)C(=O)CN(Cc1ccc(Cl)cc1)S(C)(=O)=O. The van der Waals surface area contributed by atoms with Crippen molar-refractivity contribution >= 4 is 27.5 Å². The summed E-state index contributed by atoms with van der Waals surface area (Å²) in [6.07, 6.45) is 5.19. The van der Waals surface area contributed by atoms with E-state index in [1.54, 1.807) is 48.6 Å². The van der Waals surface area contributed by atoms with Crippen molar-refractivity contribution in [1.29, 1.82) is 0 Å². The average molecular weight is 396 g/mol. The van der Waals surface area contributed by atoms with Crippen molar-refractivity contribution < 1.29 is 13.2 Å². The standard InChI is InChI=1S/C18H22ClN3O3S/c1-21(12-9-15-7-10-20-11-8-15)18(23)14-22(26(2,24)25)13-16-3-5-17(19)6-4-16/h3-8,10-11H,9,12-14H2,1-2H3. The number of aromatic nitrogens is 1. The average Bonchev–Trinajstić information content (AvgIpc) is 2.61. The lowest BCUT2D eigenvalue weighted by atomic mass is 10.2. The highest BCUT2D eigenvalue weighted by molar-refractivity contribution is 7.88. The first-order valence-electron chi connectivity index (χ1n) is 8.08. The van der Waals surface area contributed by atoms with E-state index in [1.807, 2.05) is 12.1 Å². The van der Waals surface area contributed by atoms with Gasteiger partial charge in [-0.05, 0) is 41.8 Å². The molecule has 2 aromatic rings. The summed E-state index contributed by atoms with van der Waals surface area (Å²) in [4.78, 5) is 18.0.